The Balaban J connectivity index is 1.66. The lowest BCUT2D eigenvalue weighted by atomic mass is 10.1. The molecule has 2 heterocycles. The molecule has 2 aromatic carbocycles. The van der Waals surface area contributed by atoms with E-state index in [0.717, 1.165) is 15.7 Å². The molecule has 0 aliphatic heterocycles. The fourth-order valence-corrected chi connectivity index (χ4v) is 3.96. The van der Waals surface area contributed by atoms with Crippen LogP contribution in [0.15, 0.2) is 48.8 Å². The average Bonchev–Trinajstić information content (AvgIpc) is 3.01. The highest BCUT2D eigenvalue weighted by Gasteiger charge is 2.30. The molecule has 0 radical (unpaired) electrons. The standard InChI is InChI=1S/C22H17ClF3N5/c1-30(10-15-4-2-14(9-27)3-5-15)11-16-6-7-18-17(8-16)19-20(21(23)29-13-28-19)31(18)12-22(24,25)26/h2-8,13H,10-12H2,1H3. The minimum absolute atomic E-state index is 0.00932. The molecule has 0 atom stereocenters. The van der Waals surface area contributed by atoms with Crippen molar-refractivity contribution in [3.63, 3.8) is 0 Å². The second kappa shape index (κ2) is 8.17. The highest BCUT2D eigenvalue weighted by Crippen LogP contribution is 2.34. The van der Waals surface area contributed by atoms with Crippen LogP contribution in [0.5, 0.6) is 0 Å². The molecule has 0 saturated heterocycles. The Hall–Kier alpha value is -3.15. The molecule has 158 valence electrons. The van der Waals surface area contributed by atoms with Gasteiger partial charge in [0.1, 0.15) is 23.9 Å². The minimum Gasteiger partial charge on any atom is -0.327 e. The zero-order valence-electron chi connectivity index (χ0n) is 16.5. The summed E-state index contributed by atoms with van der Waals surface area (Å²) >= 11 is 6.13. The Labute approximate surface area is 181 Å². The van der Waals surface area contributed by atoms with E-state index in [0.29, 0.717) is 35.1 Å². The van der Waals surface area contributed by atoms with Gasteiger partial charge in [-0.05, 0) is 42.4 Å². The average molecular weight is 444 g/mol. The summed E-state index contributed by atoms with van der Waals surface area (Å²) in [7, 11) is 1.95. The van der Waals surface area contributed by atoms with Crippen molar-refractivity contribution in [2.24, 2.45) is 0 Å². The van der Waals surface area contributed by atoms with Crippen molar-refractivity contribution in [2.75, 3.05) is 7.05 Å². The van der Waals surface area contributed by atoms with Crippen molar-refractivity contribution < 1.29 is 13.2 Å². The summed E-state index contributed by atoms with van der Waals surface area (Å²) in [6.07, 6.45) is -3.15. The predicted molar refractivity (Wildman–Crippen MR) is 112 cm³/mol. The molecule has 5 nitrogen and oxygen atoms in total. The SMILES string of the molecule is CN(Cc1ccc(C#N)cc1)Cc1ccc2c(c1)c1ncnc(Cl)c1n2CC(F)(F)F. The van der Waals surface area contributed by atoms with Crippen molar-refractivity contribution in [1.29, 1.82) is 5.26 Å². The molecule has 31 heavy (non-hydrogen) atoms. The molecule has 2 aromatic heterocycles. The topological polar surface area (TPSA) is 57.7 Å². The predicted octanol–water partition coefficient (Wildman–Crippen LogP) is 5.30. The molecular weight excluding hydrogens is 427 g/mol. The number of rotatable bonds is 5. The van der Waals surface area contributed by atoms with Gasteiger partial charge in [-0.3, -0.25) is 4.90 Å². The number of benzene rings is 2. The lowest BCUT2D eigenvalue weighted by Gasteiger charge is -2.17. The number of aromatic nitrogens is 3. The Morgan fingerprint density at radius 3 is 2.42 bits per heavy atom. The van der Waals surface area contributed by atoms with Gasteiger partial charge in [0.2, 0.25) is 0 Å². The zero-order chi connectivity index (χ0) is 22.2. The van der Waals surface area contributed by atoms with Crippen molar-refractivity contribution >= 4 is 33.5 Å². The van der Waals surface area contributed by atoms with Crippen LogP contribution in [-0.4, -0.2) is 32.7 Å². The summed E-state index contributed by atoms with van der Waals surface area (Å²) in [6.45, 7) is 0.0757. The molecule has 0 aliphatic rings. The molecule has 4 rings (SSSR count). The lowest BCUT2D eigenvalue weighted by molar-refractivity contribution is -0.139. The number of hydrogen-bond donors (Lipinski definition) is 0. The van der Waals surface area contributed by atoms with E-state index in [9.17, 15) is 13.2 Å². The van der Waals surface area contributed by atoms with Gasteiger partial charge in [-0.2, -0.15) is 18.4 Å². The molecule has 0 unspecified atom stereocenters. The highest BCUT2D eigenvalue weighted by atomic mass is 35.5. The molecule has 0 aliphatic carbocycles. The van der Waals surface area contributed by atoms with Crippen molar-refractivity contribution in [3.05, 3.63) is 70.6 Å². The number of fused-ring (bicyclic) bond motifs is 3. The van der Waals surface area contributed by atoms with Crippen LogP contribution in [0.25, 0.3) is 21.9 Å². The Morgan fingerprint density at radius 2 is 1.74 bits per heavy atom. The molecule has 4 aromatic rings. The Bertz CT molecular complexity index is 1290. The molecule has 0 bridgehead atoms. The number of nitrogens with zero attached hydrogens (tertiary/aromatic N) is 5. The van der Waals surface area contributed by atoms with Gasteiger partial charge in [0.25, 0.3) is 0 Å². The van der Waals surface area contributed by atoms with E-state index in [2.05, 4.69) is 20.9 Å². The maximum absolute atomic E-state index is 13.2. The number of alkyl halides is 3. The number of hydrogen-bond acceptors (Lipinski definition) is 4. The van der Waals surface area contributed by atoms with Gasteiger partial charge in [-0.25, -0.2) is 9.97 Å². The van der Waals surface area contributed by atoms with Crippen LogP contribution in [0, 0.1) is 11.3 Å². The molecule has 0 amide bonds. The van der Waals surface area contributed by atoms with Crippen LogP contribution >= 0.6 is 11.6 Å². The van der Waals surface area contributed by atoms with E-state index < -0.39 is 12.7 Å². The maximum atomic E-state index is 13.2. The summed E-state index contributed by atoms with van der Waals surface area (Å²) < 4.78 is 40.7. The van der Waals surface area contributed by atoms with Gasteiger partial charge in [-0.15, -0.1) is 0 Å². The van der Waals surface area contributed by atoms with Crippen molar-refractivity contribution in [1.82, 2.24) is 19.4 Å². The van der Waals surface area contributed by atoms with Gasteiger partial charge in [0.05, 0.1) is 17.1 Å². The first-order valence-electron chi connectivity index (χ1n) is 9.41. The van der Waals surface area contributed by atoms with E-state index in [1.807, 2.05) is 31.3 Å². The summed E-state index contributed by atoms with van der Waals surface area (Å²) in [4.78, 5) is 10.1. The van der Waals surface area contributed by atoms with Crippen LogP contribution < -0.4 is 0 Å². The third-order valence-electron chi connectivity index (χ3n) is 4.98. The van der Waals surface area contributed by atoms with Crippen molar-refractivity contribution in [3.8, 4) is 6.07 Å². The van der Waals surface area contributed by atoms with Crippen LogP contribution in [0.3, 0.4) is 0 Å². The summed E-state index contributed by atoms with van der Waals surface area (Å²) in [5.74, 6) is 0. The molecule has 0 fully saturated rings. The smallest absolute Gasteiger partial charge is 0.327 e. The number of nitriles is 1. The van der Waals surface area contributed by atoms with Gasteiger partial charge < -0.3 is 4.57 Å². The van der Waals surface area contributed by atoms with Crippen molar-refractivity contribution in [2.45, 2.75) is 25.8 Å². The van der Waals surface area contributed by atoms with E-state index >= 15 is 0 Å². The van der Waals surface area contributed by atoms with E-state index in [1.165, 1.54) is 6.33 Å². The minimum atomic E-state index is -4.40. The van der Waals surface area contributed by atoms with Gasteiger partial charge in [0.15, 0.2) is 5.15 Å². The molecule has 0 saturated carbocycles. The first kappa shape index (κ1) is 21.1. The Kier molecular flexibility index (Phi) is 5.56. The quantitative estimate of drug-likeness (QED) is 0.392. The highest BCUT2D eigenvalue weighted by molar-refractivity contribution is 6.34. The first-order valence-corrected chi connectivity index (χ1v) is 9.78. The monoisotopic (exact) mass is 443 g/mol. The van der Waals surface area contributed by atoms with Crippen LogP contribution in [0.2, 0.25) is 5.15 Å². The van der Waals surface area contributed by atoms with Crippen LogP contribution in [0.4, 0.5) is 13.2 Å². The molecule has 0 spiro atoms. The number of halogens is 4. The largest absolute Gasteiger partial charge is 0.406 e. The summed E-state index contributed by atoms with van der Waals surface area (Å²) in [5, 5.41) is 9.50. The van der Waals surface area contributed by atoms with Gasteiger partial charge >= 0.3 is 6.18 Å². The van der Waals surface area contributed by atoms with E-state index in [4.69, 9.17) is 16.9 Å². The normalized spacial score (nSPS) is 12.0. The molecule has 0 N–H and O–H groups in total. The summed E-state index contributed by atoms with van der Waals surface area (Å²) in [5.41, 5.74) is 3.59. The second-order valence-electron chi connectivity index (χ2n) is 7.40. The van der Waals surface area contributed by atoms with Crippen LogP contribution in [0.1, 0.15) is 16.7 Å². The molecule has 9 heteroatoms. The fraction of sp³-hybridized carbons (Fsp3) is 0.227. The van der Waals surface area contributed by atoms with Gasteiger partial charge in [0, 0.05) is 18.5 Å². The Morgan fingerprint density at radius 1 is 1.06 bits per heavy atom. The first-order chi connectivity index (χ1) is 14.7. The second-order valence-corrected chi connectivity index (χ2v) is 7.75. The third kappa shape index (κ3) is 4.48. The van der Waals surface area contributed by atoms with E-state index in [-0.39, 0.29) is 10.7 Å². The van der Waals surface area contributed by atoms with Crippen LogP contribution in [-0.2, 0) is 19.6 Å². The lowest BCUT2D eigenvalue weighted by Crippen LogP contribution is -2.18. The summed E-state index contributed by atoms with van der Waals surface area (Å²) in [6, 6.07) is 14.8. The third-order valence-corrected chi connectivity index (χ3v) is 5.26. The maximum Gasteiger partial charge on any atom is 0.406 e. The fourth-order valence-electron chi connectivity index (χ4n) is 3.73. The zero-order valence-corrected chi connectivity index (χ0v) is 17.2. The van der Waals surface area contributed by atoms with Gasteiger partial charge in [-0.1, -0.05) is 29.8 Å². The van der Waals surface area contributed by atoms with E-state index in [1.54, 1.807) is 18.2 Å². The molecular formula is C22H17ClF3N5.